The smallest absolute Gasteiger partial charge is 0.328 e. The van der Waals surface area contributed by atoms with Crippen LogP contribution in [0.2, 0.25) is 0 Å². The van der Waals surface area contributed by atoms with Crippen LogP contribution in [0.4, 0.5) is 4.79 Å². The minimum absolute atomic E-state index is 0.0792. The molecule has 0 aromatic heterocycles. The van der Waals surface area contributed by atoms with Gasteiger partial charge in [-0.15, -0.1) is 12.6 Å². The molecule has 0 saturated heterocycles. The Kier molecular flexibility index (Phi) is 2.64. The van der Waals surface area contributed by atoms with Crippen molar-refractivity contribution in [2.75, 3.05) is 0 Å². The third-order valence-electron chi connectivity index (χ3n) is 2.20. The van der Waals surface area contributed by atoms with E-state index in [2.05, 4.69) is 28.5 Å². The number of amides is 2. The lowest BCUT2D eigenvalue weighted by atomic mass is 10.0. The van der Waals surface area contributed by atoms with Gasteiger partial charge in [-0.2, -0.15) is 5.10 Å². The van der Waals surface area contributed by atoms with Crippen LogP contribution in [0.1, 0.15) is 12.5 Å². The van der Waals surface area contributed by atoms with E-state index in [-0.39, 0.29) is 12.1 Å². The van der Waals surface area contributed by atoms with Gasteiger partial charge in [-0.3, -0.25) is 0 Å². The molecule has 1 aliphatic heterocycles. The number of nitrogens with zero attached hydrogens (tertiary/aromatic N) is 1. The lowest BCUT2D eigenvalue weighted by Gasteiger charge is -2.21. The van der Waals surface area contributed by atoms with E-state index < -0.39 is 0 Å². The van der Waals surface area contributed by atoms with Crippen LogP contribution in [0.25, 0.3) is 0 Å². The Morgan fingerprint density at radius 1 is 1.33 bits per heavy atom. The van der Waals surface area contributed by atoms with E-state index in [4.69, 9.17) is 0 Å². The second kappa shape index (κ2) is 3.94. The number of hydrogen-bond donors (Lipinski definition) is 3. The van der Waals surface area contributed by atoms with Crippen LogP contribution >= 0.6 is 12.6 Å². The highest BCUT2D eigenvalue weighted by molar-refractivity contribution is 7.80. The Labute approximate surface area is 93.2 Å². The molecule has 0 radical (unpaired) electrons. The van der Waals surface area contributed by atoms with E-state index in [1.807, 2.05) is 31.2 Å². The molecule has 1 atom stereocenters. The Morgan fingerprint density at radius 3 is 2.60 bits per heavy atom. The molecule has 0 spiro atoms. The van der Waals surface area contributed by atoms with E-state index >= 15 is 0 Å². The Bertz CT molecular complexity index is 413. The highest BCUT2D eigenvalue weighted by atomic mass is 32.1. The Balaban J connectivity index is 2.31. The van der Waals surface area contributed by atoms with Crippen LogP contribution < -0.4 is 10.7 Å². The van der Waals surface area contributed by atoms with E-state index in [0.29, 0.717) is 0 Å². The number of benzene rings is 1. The van der Waals surface area contributed by atoms with Crippen LogP contribution in [0, 0.1) is 0 Å². The zero-order chi connectivity index (χ0) is 10.8. The number of urea groups is 1. The van der Waals surface area contributed by atoms with Gasteiger partial charge >= 0.3 is 6.03 Å². The minimum atomic E-state index is -0.267. The molecular formula is C10H11N3OS. The van der Waals surface area contributed by atoms with Crippen LogP contribution in [0.15, 0.2) is 34.3 Å². The summed E-state index contributed by atoms with van der Waals surface area (Å²) in [5, 5.41) is 6.76. The quantitative estimate of drug-likeness (QED) is 0.617. The maximum absolute atomic E-state index is 11.0. The zero-order valence-electron chi connectivity index (χ0n) is 8.19. The molecule has 0 bridgehead atoms. The summed E-state index contributed by atoms with van der Waals surface area (Å²) < 4.78 is 0. The maximum Gasteiger partial charge on any atom is 0.335 e. The van der Waals surface area contributed by atoms with Gasteiger partial charge in [-0.1, -0.05) is 12.1 Å². The predicted molar refractivity (Wildman–Crippen MR) is 61.4 cm³/mol. The first-order chi connectivity index (χ1) is 7.16. The molecule has 15 heavy (non-hydrogen) atoms. The highest BCUT2D eigenvalue weighted by Crippen LogP contribution is 2.11. The van der Waals surface area contributed by atoms with Crippen molar-refractivity contribution in [3.05, 3.63) is 29.8 Å². The van der Waals surface area contributed by atoms with Gasteiger partial charge in [-0.05, 0) is 24.6 Å². The summed E-state index contributed by atoms with van der Waals surface area (Å²) in [6, 6.07) is 7.29. The van der Waals surface area contributed by atoms with Crippen molar-refractivity contribution < 1.29 is 4.79 Å². The van der Waals surface area contributed by atoms with E-state index in [1.54, 1.807) is 0 Å². The van der Waals surface area contributed by atoms with Crippen molar-refractivity contribution in [3.63, 3.8) is 0 Å². The number of hydrazone groups is 1. The third-order valence-corrected chi connectivity index (χ3v) is 2.50. The van der Waals surface area contributed by atoms with Gasteiger partial charge in [-0.25, -0.2) is 10.2 Å². The molecule has 2 amide bonds. The summed E-state index contributed by atoms with van der Waals surface area (Å²) in [6.07, 6.45) is 0. The molecule has 0 fully saturated rings. The Morgan fingerprint density at radius 2 is 2.00 bits per heavy atom. The van der Waals surface area contributed by atoms with E-state index in [1.165, 1.54) is 0 Å². The van der Waals surface area contributed by atoms with Crippen molar-refractivity contribution in [2.45, 2.75) is 17.9 Å². The molecule has 4 nitrogen and oxygen atoms in total. The first-order valence-corrected chi connectivity index (χ1v) is 5.05. The zero-order valence-corrected chi connectivity index (χ0v) is 9.08. The number of carbonyl (C=O) groups is 1. The van der Waals surface area contributed by atoms with E-state index in [0.717, 1.165) is 16.2 Å². The lowest BCUT2D eigenvalue weighted by molar-refractivity contribution is 0.239. The lowest BCUT2D eigenvalue weighted by Crippen LogP contribution is -2.48. The topological polar surface area (TPSA) is 53.5 Å². The average molecular weight is 221 g/mol. The largest absolute Gasteiger partial charge is 0.335 e. The fourth-order valence-electron chi connectivity index (χ4n) is 1.45. The maximum atomic E-state index is 11.0. The molecule has 0 aliphatic carbocycles. The summed E-state index contributed by atoms with van der Waals surface area (Å²) in [7, 11) is 0. The molecule has 5 heteroatoms. The van der Waals surface area contributed by atoms with Crippen LogP contribution in [0.5, 0.6) is 0 Å². The monoisotopic (exact) mass is 221 g/mol. The van der Waals surface area contributed by atoms with Crippen molar-refractivity contribution >= 4 is 24.4 Å². The van der Waals surface area contributed by atoms with Crippen LogP contribution in [-0.4, -0.2) is 17.8 Å². The molecule has 1 heterocycles. The number of nitrogens with one attached hydrogen (secondary N) is 2. The van der Waals surface area contributed by atoms with Gasteiger partial charge in [0, 0.05) is 4.90 Å². The van der Waals surface area contributed by atoms with Gasteiger partial charge in [0.05, 0.1) is 11.8 Å². The molecule has 0 saturated carbocycles. The van der Waals surface area contributed by atoms with Gasteiger partial charge in [0.1, 0.15) is 0 Å². The van der Waals surface area contributed by atoms with Crippen LogP contribution in [0.3, 0.4) is 0 Å². The minimum Gasteiger partial charge on any atom is -0.328 e. The molecule has 1 aromatic rings. The highest BCUT2D eigenvalue weighted by Gasteiger charge is 2.19. The number of hydrogen-bond acceptors (Lipinski definition) is 3. The normalized spacial score (nSPS) is 20.3. The molecule has 2 N–H and O–H groups in total. The first-order valence-electron chi connectivity index (χ1n) is 4.60. The summed E-state index contributed by atoms with van der Waals surface area (Å²) in [5.74, 6) is 0. The first kappa shape index (κ1) is 10.0. The summed E-state index contributed by atoms with van der Waals surface area (Å²) in [5.41, 5.74) is 4.20. The van der Waals surface area contributed by atoms with Crippen molar-refractivity contribution in [1.29, 1.82) is 0 Å². The summed E-state index contributed by atoms with van der Waals surface area (Å²) >= 11 is 4.21. The number of carbonyl (C=O) groups excluding carboxylic acids is 1. The molecule has 2 rings (SSSR count). The predicted octanol–water partition coefficient (Wildman–Crippen LogP) is 1.38. The molecule has 1 aromatic carbocycles. The molecule has 78 valence electrons. The fraction of sp³-hybridized carbons (Fsp3) is 0.200. The Hall–Kier alpha value is -1.49. The molecule has 1 unspecified atom stereocenters. The standard InChI is InChI=1S/C10H11N3OS/c1-6-9(12-13-10(14)11-6)7-2-4-8(15)5-3-7/h2-6,15H,1H3,(H2,11,13,14). The van der Waals surface area contributed by atoms with Crippen molar-refractivity contribution in [1.82, 2.24) is 10.7 Å². The second-order valence-corrected chi connectivity index (χ2v) is 3.87. The second-order valence-electron chi connectivity index (χ2n) is 3.35. The van der Waals surface area contributed by atoms with Gasteiger partial charge in [0.2, 0.25) is 0 Å². The fourth-order valence-corrected chi connectivity index (χ4v) is 1.60. The van der Waals surface area contributed by atoms with Crippen molar-refractivity contribution in [2.24, 2.45) is 5.10 Å². The molecule has 1 aliphatic rings. The van der Waals surface area contributed by atoms with Gasteiger partial charge in [0.15, 0.2) is 0 Å². The summed E-state index contributed by atoms with van der Waals surface area (Å²) in [4.78, 5) is 11.9. The van der Waals surface area contributed by atoms with Gasteiger partial charge in [0.25, 0.3) is 0 Å². The van der Waals surface area contributed by atoms with E-state index in [9.17, 15) is 4.79 Å². The van der Waals surface area contributed by atoms with Crippen molar-refractivity contribution in [3.8, 4) is 0 Å². The number of rotatable bonds is 1. The number of thiol groups is 1. The molecular weight excluding hydrogens is 210 g/mol. The summed E-state index contributed by atoms with van der Waals surface area (Å²) in [6.45, 7) is 1.90. The average Bonchev–Trinajstić information content (AvgIpc) is 2.20. The van der Waals surface area contributed by atoms with Crippen LogP contribution in [-0.2, 0) is 0 Å². The third kappa shape index (κ3) is 2.12. The SMILES string of the molecule is CC1NC(=O)NN=C1c1ccc(S)cc1. The van der Waals surface area contributed by atoms with Gasteiger partial charge < -0.3 is 5.32 Å².